The number of hydrogen-bond donors (Lipinski definition) is 2. The fraction of sp³-hybridized carbons (Fsp3) is 0.286. The fourth-order valence-electron chi connectivity index (χ4n) is 1.76. The smallest absolute Gasteiger partial charge is 0.417 e. The van der Waals surface area contributed by atoms with E-state index in [0.717, 1.165) is 37.1 Å². The van der Waals surface area contributed by atoms with E-state index >= 15 is 0 Å². The van der Waals surface area contributed by atoms with Gasteiger partial charge in [0.15, 0.2) is 0 Å². The number of carbonyl (C=O) groups excluding carboxylic acids is 1. The van der Waals surface area contributed by atoms with Crippen LogP contribution in [0.25, 0.3) is 6.08 Å². The number of aliphatic carboxylic acids is 1. The molecule has 0 aromatic heterocycles. The maximum absolute atomic E-state index is 13.0. The van der Waals surface area contributed by atoms with E-state index in [9.17, 15) is 22.8 Å². The van der Waals surface area contributed by atoms with Crippen molar-refractivity contribution in [3.8, 4) is 0 Å². The van der Waals surface area contributed by atoms with Gasteiger partial charge in [-0.2, -0.15) is 13.2 Å². The first-order valence-corrected chi connectivity index (χ1v) is 6.20. The van der Waals surface area contributed by atoms with Crippen LogP contribution in [-0.2, 0) is 11.0 Å². The van der Waals surface area contributed by atoms with Crippen LogP contribution in [0.3, 0.4) is 0 Å². The number of carboxylic acids is 1. The van der Waals surface area contributed by atoms with E-state index in [0.29, 0.717) is 0 Å². The normalized spacial score (nSPS) is 15.2. The zero-order chi connectivity index (χ0) is 15.6. The molecule has 1 amide bonds. The van der Waals surface area contributed by atoms with Crippen LogP contribution in [-0.4, -0.2) is 23.0 Å². The second kappa shape index (κ2) is 5.59. The Morgan fingerprint density at radius 2 is 1.95 bits per heavy atom. The molecule has 1 aliphatic carbocycles. The molecular weight excluding hydrogens is 287 g/mol. The van der Waals surface area contributed by atoms with Crippen LogP contribution >= 0.6 is 0 Å². The average molecular weight is 299 g/mol. The largest absolute Gasteiger partial charge is 0.478 e. The fourth-order valence-corrected chi connectivity index (χ4v) is 1.76. The van der Waals surface area contributed by atoms with E-state index in [1.165, 1.54) is 6.07 Å². The molecule has 1 aromatic carbocycles. The van der Waals surface area contributed by atoms with Gasteiger partial charge in [-0.3, -0.25) is 4.79 Å². The predicted octanol–water partition coefficient (Wildman–Crippen LogP) is 2.70. The third kappa shape index (κ3) is 4.08. The number of amides is 1. The molecule has 112 valence electrons. The molecule has 0 saturated heterocycles. The summed E-state index contributed by atoms with van der Waals surface area (Å²) in [5.41, 5.74) is -1.47. The summed E-state index contributed by atoms with van der Waals surface area (Å²) in [6.45, 7) is 0. The van der Waals surface area contributed by atoms with Crippen LogP contribution in [0, 0.1) is 0 Å². The average Bonchev–Trinajstić information content (AvgIpc) is 3.18. The zero-order valence-corrected chi connectivity index (χ0v) is 10.8. The van der Waals surface area contributed by atoms with Crippen LogP contribution in [0.2, 0.25) is 0 Å². The van der Waals surface area contributed by atoms with Gasteiger partial charge in [0.2, 0.25) is 0 Å². The van der Waals surface area contributed by atoms with Crippen molar-refractivity contribution >= 4 is 18.0 Å². The standard InChI is InChI=1S/C14H12F3NO3/c15-14(16,17)11-7-8(2-6-12(19)20)1-5-10(11)13(21)18-9-3-4-9/h1-2,5-7,9H,3-4H2,(H,18,21)(H,19,20). The molecule has 2 rings (SSSR count). The lowest BCUT2D eigenvalue weighted by molar-refractivity contribution is -0.138. The summed E-state index contributed by atoms with van der Waals surface area (Å²) in [7, 11) is 0. The van der Waals surface area contributed by atoms with Gasteiger partial charge in [0.1, 0.15) is 0 Å². The predicted molar refractivity (Wildman–Crippen MR) is 68.6 cm³/mol. The van der Waals surface area contributed by atoms with Crippen molar-refractivity contribution in [3.63, 3.8) is 0 Å². The maximum atomic E-state index is 13.0. The second-order valence-electron chi connectivity index (χ2n) is 4.72. The number of carboxylic acid groups (broad SMARTS) is 1. The molecule has 0 atom stereocenters. The molecule has 7 heteroatoms. The molecule has 1 fully saturated rings. The molecule has 0 unspecified atom stereocenters. The number of nitrogens with one attached hydrogen (secondary N) is 1. The summed E-state index contributed by atoms with van der Waals surface area (Å²) in [5, 5.41) is 11.0. The highest BCUT2D eigenvalue weighted by atomic mass is 19.4. The first-order chi connectivity index (χ1) is 9.77. The molecule has 0 radical (unpaired) electrons. The van der Waals surface area contributed by atoms with Crippen LogP contribution < -0.4 is 5.32 Å². The van der Waals surface area contributed by atoms with Crippen LogP contribution in [0.5, 0.6) is 0 Å². The summed E-state index contributed by atoms with van der Waals surface area (Å²) in [6, 6.07) is 3.05. The van der Waals surface area contributed by atoms with Crippen molar-refractivity contribution in [2.45, 2.75) is 25.1 Å². The van der Waals surface area contributed by atoms with Crippen molar-refractivity contribution in [3.05, 3.63) is 41.0 Å². The highest BCUT2D eigenvalue weighted by Crippen LogP contribution is 2.33. The molecule has 0 bridgehead atoms. The zero-order valence-electron chi connectivity index (χ0n) is 10.8. The first-order valence-electron chi connectivity index (χ1n) is 6.20. The second-order valence-corrected chi connectivity index (χ2v) is 4.72. The third-order valence-electron chi connectivity index (χ3n) is 2.92. The Balaban J connectivity index is 2.35. The van der Waals surface area contributed by atoms with Crippen molar-refractivity contribution in [1.29, 1.82) is 0 Å². The summed E-state index contributed by atoms with van der Waals surface area (Å²) in [5.74, 6) is -2.03. The lowest BCUT2D eigenvalue weighted by Crippen LogP contribution is -2.28. The quantitative estimate of drug-likeness (QED) is 0.840. The van der Waals surface area contributed by atoms with Crippen LogP contribution in [0.4, 0.5) is 13.2 Å². The monoisotopic (exact) mass is 299 g/mol. The van der Waals surface area contributed by atoms with Gasteiger partial charge in [-0.25, -0.2) is 4.79 Å². The Bertz CT molecular complexity index is 604. The van der Waals surface area contributed by atoms with Gasteiger partial charge in [-0.05, 0) is 36.6 Å². The van der Waals surface area contributed by atoms with E-state index in [2.05, 4.69) is 5.32 Å². The van der Waals surface area contributed by atoms with E-state index in [4.69, 9.17) is 5.11 Å². The number of rotatable bonds is 4. The van der Waals surface area contributed by atoms with Gasteiger partial charge in [0.25, 0.3) is 5.91 Å². The van der Waals surface area contributed by atoms with Gasteiger partial charge in [-0.1, -0.05) is 6.07 Å². The minimum absolute atomic E-state index is 0.0508. The van der Waals surface area contributed by atoms with Crippen molar-refractivity contribution in [1.82, 2.24) is 5.32 Å². The molecule has 21 heavy (non-hydrogen) atoms. The molecular formula is C14H12F3NO3. The molecule has 0 spiro atoms. The summed E-state index contributed by atoms with van der Waals surface area (Å²) in [4.78, 5) is 22.2. The molecule has 1 aromatic rings. The number of benzene rings is 1. The van der Waals surface area contributed by atoms with Crippen molar-refractivity contribution in [2.24, 2.45) is 0 Å². The Morgan fingerprint density at radius 1 is 1.29 bits per heavy atom. The Hall–Kier alpha value is -2.31. The van der Waals surface area contributed by atoms with E-state index in [1.807, 2.05) is 0 Å². The van der Waals surface area contributed by atoms with Gasteiger partial charge < -0.3 is 10.4 Å². The van der Waals surface area contributed by atoms with Gasteiger partial charge in [-0.15, -0.1) is 0 Å². The molecule has 0 aliphatic heterocycles. The molecule has 0 heterocycles. The van der Waals surface area contributed by atoms with Crippen molar-refractivity contribution in [2.75, 3.05) is 0 Å². The summed E-state index contributed by atoms with van der Waals surface area (Å²) in [6.07, 6.45) is -1.37. The topological polar surface area (TPSA) is 66.4 Å². The molecule has 1 aliphatic rings. The number of hydrogen-bond acceptors (Lipinski definition) is 2. The van der Waals surface area contributed by atoms with Gasteiger partial charge >= 0.3 is 12.1 Å². The SMILES string of the molecule is O=C(O)C=Cc1ccc(C(=O)NC2CC2)c(C(F)(F)F)c1. The van der Waals surface area contributed by atoms with Crippen LogP contribution in [0.15, 0.2) is 24.3 Å². The number of halogens is 3. The van der Waals surface area contributed by atoms with E-state index < -0.39 is 29.2 Å². The van der Waals surface area contributed by atoms with Gasteiger partial charge in [0.05, 0.1) is 11.1 Å². The number of carbonyl (C=O) groups is 2. The summed E-state index contributed by atoms with van der Waals surface area (Å²) < 4.78 is 39.1. The Labute approximate surface area is 118 Å². The highest BCUT2D eigenvalue weighted by molar-refractivity contribution is 5.96. The Morgan fingerprint density at radius 3 is 2.48 bits per heavy atom. The summed E-state index contributed by atoms with van der Waals surface area (Å²) >= 11 is 0. The lowest BCUT2D eigenvalue weighted by atomic mass is 10.0. The van der Waals surface area contributed by atoms with Crippen molar-refractivity contribution < 1.29 is 27.9 Å². The maximum Gasteiger partial charge on any atom is 0.417 e. The molecule has 1 saturated carbocycles. The minimum atomic E-state index is -4.69. The van der Waals surface area contributed by atoms with E-state index in [1.54, 1.807) is 0 Å². The van der Waals surface area contributed by atoms with E-state index in [-0.39, 0.29) is 11.6 Å². The minimum Gasteiger partial charge on any atom is -0.478 e. The first kappa shape index (κ1) is 15.1. The molecule has 2 N–H and O–H groups in total. The Kier molecular flexibility index (Phi) is 4.02. The highest BCUT2D eigenvalue weighted by Gasteiger charge is 2.36. The molecule has 4 nitrogen and oxygen atoms in total. The van der Waals surface area contributed by atoms with Crippen LogP contribution in [0.1, 0.15) is 34.3 Å². The third-order valence-corrected chi connectivity index (χ3v) is 2.92. The lowest BCUT2D eigenvalue weighted by Gasteiger charge is -2.13. The van der Waals surface area contributed by atoms with Gasteiger partial charge in [0, 0.05) is 12.1 Å². The number of alkyl halides is 3.